The monoisotopic (exact) mass is 267 g/mol. The van der Waals surface area contributed by atoms with Gasteiger partial charge in [0.25, 0.3) is 0 Å². The van der Waals surface area contributed by atoms with E-state index in [1.54, 1.807) is 0 Å². The molecule has 0 aromatic carbocycles. The van der Waals surface area contributed by atoms with Gasteiger partial charge in [0.1, 0.15) is 11.3 Å². The van der Waals surface area contributed by atoms with Crippen molar-refractivity contribution in [1.29, 1.82) is 0 Å². The second-order valence-electron chi connectivity index (χ2n) is 5.18. The van der Waals surface area contributed by atoms with Gasteiger partial charge in [-0.05, 0) is 37.3 Å². The molecule has 2 atom stereocenters. The number of hydrogen-bond acceptors (Lipinski definition) is 4. The van der Waals surface area contributed by atoms with Crippen molar-refractivity contribution in [2.75, 3.05) is 13.2 Å². The van der Waals surface area contributed by atoms with E-state index in [9.17, 15) is 9.90 Å². The van der Waals surface area contributed by atoms with Gasteiger partial charge >= 0.3 is 5.97 Å². The van der Waals surface area contributed by atoms with Crippen LogP contribution >= 0.6 is 0 Å². The Labute approximate surface area is 112 Å². The number of furan rings is 1. The van der Waals surface area contributed by atoms with Crippen LogP contribution < -0.4 is 5.32 Å². The first-order chi connectivity index (χ1) is 9.22. The first kappa shape index (κ1) is 14.1. The smallest absolute Gasteiger partial charge is 0.339 e. The highest BCUT2D eigenvalue weighted by Crippen LogP contribution is 2.29. The standard InChI is InChI=1S/C14H21NO4/c16-9-11-4-2-1-3-10(11)7-15-8-13-12(14(17)18)5-6-19-13/h5-6,10-11,15-16H,1-4,7-9H2,(H,17,18). The van der Waals surface area contributed by atoms with Crippen molar-refractivity contribution >= 4 is 5.97 Å². The predicted octanol–water partition coefficient (Wildman–Crippen LogP) is 1.87. The molecule has 5 nitrogen and oxygen atoms in total. The number of rotatable bonds is 6. The van der Waals surface area contributed by atoms with Crippen molar-refractivity contribution in [2.45, 2.75) is 32.2 Å². The van der Waals surface area contributed by atoms with Crippen molar-refractivity contribution < 1.29 is 19.4 Å². The summed E-state index contributed by atoms with van der Waals surface area (Å²) in [4.78, 5) is 10.9. The highest BCUT2D eigenvalue weighted by molar-refractivity contribution is 5.88. The molecule has 5 heteroatoms. The number of nitrogens with one attached hydrogen (secondary N) is 1. The fraction of sp³-hybridized carbons (Fsp3) is 0.643. The van der Waals surface area contributed by atoms with E-state index in [2.05, 4.69) is 5.32 Å². The quantitative estimate of drug-likeness (QED) is 0.733. The lowest BCUT2D eigenvalue weighted by Crippen LogP contribution is -2.32. The first-order valence-electron chi connectivity index (χ1n) is 6.83. The largest absolute Gasteiger partial charge is 0.478 e. The second-order valence-corrected chi connectivity index (χ2v) is 5.18. The zero-order valence-corrected chi connectivity index (χ0v) is 11.0. The summed E-state index contributed by atoms with van der Waals surface area (Å²) in [5.74, 6) is 0.346. The van der Waals surface area contributed by atoms with Gasteiger partial charge in [0.05, 0.1) is 12.8 Å². The summed E-state index contributed by atoms with van der Waals surface area (Å²) in [6.45, 7) is 1.46. The van der Waals surface area contributed by atoms with Crippen LogP contribution in [0.5, 0.6) is 0 Å². The number of aliphatic hydroxyl groups excluding tert-OH is 1. The summed E-state index contributed by atoms with van der Waals surface area (Å²) in [7, 11) is 0. The third kappa shape index (κ3) is 3.58. The third-order valence-electron chi connectivity index (χ3n) is 3.97. The van der Waals surface area contributed by atoms with Crippen molar-refractivity contribution in [2.24, 2.45) is 11.8 Å². The fourth-order valence-electron chi connectivity index (χ4n) is 2.83. The van der Waals surface area contributed by atoms with Crippen LogP contribution in [0.2, 0.25) is 0 Å². The van der Waals surface area contributed by atoms with Crippen molar-refractivity contribution in [3.63, 3.8) is 0 Å². The minimum absolute atomic E-state index is 0.217. The average molecular weight is 267 g/mol. The highest BCUT2D eigenvalue weighted by atomic mass is 16.4. The van der Waals surface area contributed by atoms with E-state index in [0.29, 0.717) is 24.1 Å². The number of hydrogen-bond donors (Lipinski definition) is 3. The third-order valence-corrected chi connectivity index (χ3v) is 3.97. The summed E-state index contributed by atoms with van der Waals surface area (Å²) in [5.41, 5.74) is 0.217. The summed E-state index contributed by atoms with van der Waals surface area (Å²) in [5, 5.41) is 21.5. The van der Waals surface area contributed by atoms with E-state index >= 15 is 0 Å². The van der Waals surface area contributed by atoms with E-state index in [1.807, 2.05) is 0 Å². The maximum Gasteiger partial charge on any atom is 0.339 e. The van der Waals surface area contributed by atoms with Crippen LogP contribution in [0.4, 0.5) is 0 Å². The Balaban J connectivity index is 1.82. The molecule has 1 aliphatic rings. The van der Waals surface area contributed by atoms with E-state index in [0.717, 1.165) is 19.4 Å². The Kier molecular flexibility index (Phi) is 4.99. The van der Waals surface area contributed by atoms with Crippen molar-refractivity contribution in [3.8, 4) is 0 Å². The SMILES string of the molecule is O=C(O)c1ccoc1CNCC1CCCCC1CO. The maximum absolute atomic E-state index is 10.9. The molecule has 1 fully saturated rings. The Bertz CT molecular complexity index is 415. The second kappa shape index (κ2) is 6.73. The molecule has 0 aliphatic heterocycles. The molecule has 2 rings (SSSR count). The molecule has 1 aromatic rings. The lowest BCUT2D eigenvalue weighted by atomic mass is 9.79. The number of carbonyl (C=O) groups is 1. The van der Waals surface area contributed by atoms with Gasteiger partial charge < -0.3 is 19.9 Å². The van der Waals surface area contributed by atoms with Crippen molar-refractivity contribution in [1.82, 2.24) is 5.32 Å². The van der Waals surface area contributed by atoms with Crippen LogP contribution in [0, 0.1) is 11.8 Å². The zero-order chi connectivity index (χ0) is 13.7. The molecule has 0 saturated heterocycles. The molecule has 19 heavy (non-hydrogen) atoms. The molecule has 0 bridgehead atoms. The lowest BCUT2D eigenvalue weighted by molar-refractivity contribution is 0.0694. The van der Waals surface area contributed by atoms with Crippen LogP contribution in [-0.4, -0.2) is 29.3 Å². The highest BCUT2D eigenvalue weighted by Gasteiger charge is 2.24. The summed E-state index contributed by atoms with van der Waals surface area (Å²) < 4.78 is 5.18. The Morgan fingerprint density at radius 1 is 1.37 bits per heavy atom. The zero-order valence-electron chi connectivity index (χ0n) is 11.0. The molecule has 0 radical (unpaired) electrons. The van der Waals surface area contributed by atoms with Gasteiger partial charge in [-0.3, -0.25) is 0 Å². The summed E-state index contributed by atoms with van der Waals surface area (Å²) in [6, 6.07) is 1.47. The summed E-state index contributed by atoms with van der Waals surface area (Å²) in [6.07, 6.45) is 6.02. The minimum atomic E-state index is -0.962. The normalized spacial score (nSPS) is 23.4. The summed E-state index contributed by atoms with van der Waals surface area (Å²) >= 11 is 0. The van der Waals surface area contributed by atoms with E-state index < -0.39 is 5.97 Å². The van der Waals surface area contributed by atoms with Crippen LogP contribution in [0.1, 0.15) is 41.8 Å². The van der Waals surface area contributed by atoms with Crippen LogP contribution in [0.3, 0.4) is 0 Å². The molecular weight excluding hydrogens is 246 g/mol. The first-order valence-corrected chi connectivity index (χ1v) is 6.83. The van der Waals surface area contributed by atoms with Gasteiger partial charge in [-0.1, -0.05) is 12.8 Å². The number of aromatic carboxylic acids is 1. The van der Waals surface area contributed by atoms with E-state index in [4.69, 9.17) is 9.52 Å². The number of aliphatic hydroxyl groups is 1. The molecule has 1 saturated carbocycles. The van der Waals surface area contributed by atoms with Gasteiger partial charge in [0, 0.05) is 6.61 Å². The Morgan fingerprint density at radius 3 is 2.79 bits per heavy atom. The van der Waals surface area contributed by atoms with Crippen molar-refractivity contribution in [3.05, 3.63) is 23.7 Å². The van der Waals surface area contributed by atoms with Gasteiger partial charge in [-0.25, -0.2) is 4.79 Å². The minimum Gasteiger partial charge on any atom is -0.478 e. The van der Waals surface area contributed by atoms with Crippen LogP contribution in [0.15, 0.2) is 16.7 Å². The maximum atomic E-state index is 10.9. The number of carboxylic acid groups (broad SMARTS) is 1. The van der Waals surface area contributed by atoms with Gasteiger partial charge in [-0.2, -0.15) is 0 Å². The van der Waals surface area contributed by atoms with Crippen LogP contribution in [-0.2, 0) is 6.54 Å². The van der Waals surface area contributed by atoms with Crippen LogP contribution in [0.25, 0.3) is 0 Å². The Hall–Kier alpha value is -1.33. The molecular formula is C14H21NO4. The lowest BCUT2D eigenvalue weighted by Gasteiger charge is -2.30. The van der Waals surface area contributed by atoms with Gasteiger partial charge in [0.15, 0.2) is 0 Å². The molecule has 1 heterocycles. The fourth-order valence-corrected chi connectivity index (χ4v) is 2.83. The molecule has 0 amide bonds. The average Bonchev–Trinajstić information content (AvgIpc) is 2.88. The van der Waals surface area contributed by atoms with E-state index in [-0.39, 0.29) is 12.2 Å². The molecule has 1 aromatic heterocycles. The topological polar surface area (TPSA) is 82.7 Å². The number of carboxylic acids is 1. The Morgan fingerprint density at radius 2 is 2.11 bits per heavy atom. The van der Waals surface area contributed by atoms with E-state index in [1.165, 1.54) is 25.2 Å². The molecule has 106 valence electrons. The molecule has 0 spiro atoms. The predicted molar refractivity (Wildman–Crippen MR) is 69.9 cm³/mol. The molecule has 3 N–H and O–H groups in total. The molecule has 1 aliphatic carbocycles. The van der Waals surface area contributed by atoms with Gasteiger partial charge in [-0.15, -0.1) is 0 Å². The molecule has 2 unspecified atom stereocenters. The van der Waals surface area contributed by atoms with Gasteiger partial charge in [0.2, 0.25) is 0 Å².